The molecule has 54 heavy (non-hydrogen) atoms. The first kappa shape index (κ1) is 37.0. The van der Waals surface area contributed by atoms with Gasteiger partial charge in [0.2, 0.25) is 0 Å². The van der Waals surface area contributed by atoms with Gasteiger partial charge in [-0.15, -0.1) is 4.36 Å². The molecule has 3 aromatic rings. The van der Waals surface area contributed by atoms with Crippen molar-refractivity contribution in [3.63, 3.8) is 0 Å². The Hall–Kier alpha value is -3.93. The topological polar surface area (TPSA) is 111 Å². The van der Waals surface area contributed by atoms with Crippen LogP contribution in [-0.4, -0.2) is 64.9 Å². The first-order chi connectivity index (χ1) is 25.9. The third-order valence-electron chi connectivity index (χ3n) is 12.9. The van der Waals surface area contributed by atoms with E-state index in [2.05, 4.69) is 51.3 Å². The Morgan fingerprint density at radius 2 is 1.94 bits per heavy atom. The second-order valence-corrected chi connectivity index (χ2v) is 18.9. The second kappa shape index (κ2) is 14.6. The van der Waals surface area contributed by atoms with Gasteiger partial charge in [0.15, 0.2) is 0 Å². The average Bonchev–Trinajstić information content (AvgIpc) is 3.50. The Morgan fingerprint density at radius 1 is 1.09 bits per heavy atom. The summed E-state index contributed by atoms with van der Waals surface area (Å²) in [6.07, 6.45) is 11.9. The predicted octanol–water partition coefficient (Wildman–Crippen LogP) is 7.17. The van der Waals surface area contributed by atoms with Crippen molar-refractivity contribution in [3.05, 3.63) is 94.3 Å². The molecule has 1 saturated carbocycles. The van der Waals surface area contributed by atoms with Crippen molar-refractivity contribution >= 4 is 27.4 Å². The number of carbonyl (C=O) groups excluding carboxylic acids is 2. The molecular formula is C43H54N4O6S. The minimum Gasteiger partial charge on any atom is -0.490 e. The molecule has 3 aliphatic heterocycles. The number of benzene rings is 2. The molecule has 1 spiro atoms. The number of rotatable bonds is 3. The Labute approximate surface area is 319 Å². The van der Waals surface area contributed by atoms with Gasteiger partial charge in [-0.05, 0) is 112 Å². The van der Waals surface area contributed by atoms with E-state index in [9.17, 15) is 9.59 Å². The van der Waals surface area contributed by atoms with E-state index in [1.54, 1.807) is 25.4 Å². The number of anilines is 1. The van der Waals surface area contributed by atoms with Crippen LogP contribution in [-0.2, 0) is 44.4 Å². The maximum atomic E-state index is 15.0. The molecule has 2 aromatic carbocycles. The highest BCUT2D eigenvalue weighted by atomic mass is 32.2. The first-order valence-electron chi connectivity index (χ1n) is 19.7. The number of fused-ring (bicyclic) bond motifs is 5. The summed E-state index contributed by atoms with van der Waals surface area (Å²) in [4.78, 5) is 30.5. The summed E-state index contributed by atoms with van der Waals surface area (Å²) in [6.45, 7) is 11.1. The fourth-order valence-electron chi connectivity index (χ4n) is 9.37. The smallest absolute Gasteiger partial charge is 0.286 e. The summed E-state index contributed by atoms with van der Waals surface area (Å²) in [7, 11) is -1.82. The van der Waals surface area contributed by atoms with Crippen molar-refractivity contribution in [2.24, 2.45) is 22.1 Å². The summed E-state index contributed by atoms with van der Waals surface area (Å²) >= 11 is 0. The summed E-state index contributed by atoms with van der Waals surface area (Å²) in [5.41, 5.74) is 6.22. The van der Waals surface area contributed by atoms with Crippen LogP contribution >= 0.6 is 0 Å². The fraction of sp³-hybridized carbons (Fsp3) is 0.535. The Kier molecular flexibility index (Phi) is 10.0. The minimum absolute atomic E-state index is 0.0234. The summed E-state index contributed by atoms with van der Waals surface area (Å²) in [5, 5.41) is -0.642. The van der Waals surface area contributed by atoms with E-state index in [1.165, 1.54) is 16.7 Å². The quantitative estimate of drug-likeness (QED) is 0.283. The number of nitrogens with zero attached hydrogens (tertiary/aromatic N) is 3. The monoisotopic (exact) mass is 754 g/mol. The van der Waals surface area contributed by atoms with Crippen LogP contribution < -0.4 is 14.4 Å². The van der Waals surface area contributed by atoms with Gasteiger partial charge >= 0.3 is 0 Å². The normalized spacial score (nSPS) is 32.8. The average molecular weight is 755 g/mol. The highest BCUT2D eigenvalue weighted by Crippen LogP contribution is 2.47. The van der Waals surface area contributed by atoms with Crippen LogP contribution in [0.4, 0.5) is 5.69 Å². The molecule has 8 atom stereocenters. The van der Waals surface area contributed by atoms with Crippen molar-refractivity contribution in [3.8, 4) is 5.75 Å². The molecule has 1 fully saturated rings. The third-order valence-corrected chi connectivity index (χ3v) is 15.3. The van der Waals surface area contributed by atoms with Crippen LogP contribution in [0.2, 0.25) is 0 Å². The lowest BCUT2D eigenvalue weighted by molar-refractivity contribution is 0.0131. The molecule has 288 valence electrons. The molecule has 1 unspecified atom stereocenters. The number of amides is 2. The lowest BCUT2D eigenvalue weighted by atomic mass is 9.68. The molecule has 0 radical (unpaired) electrons. The van der Waals surface area contributed by atoms with E-state index in [0.717, 1.165) is 62.3 Å². The molecule has 11 heteroatoms. The molecule has 2 amide bonds. The molecule has 4 heterocycles. The van der Waals surface area contributed by atoms with Crippen LogP contribution in [0.3, 0.4) is 0 Å². The van der Waals surface area contributed by atoms with Crippen molar-refractivity contribution in [1.82, 2.24) is 9.29 Å². The number of methoxy groups -OCH3 is 1. The Bertz CT molecular complexity index is 2100. The van der Waals surface area contributed by atoms with Gasteiger partial charge in [-0.2, -0.15) is 0 Å². The standard InChI is InChI=1S/C43H54N4O6S/c1-27-11-15-37-31(18-27)9-7-17-43(37)25-47-22-33-12-14-36(33)39(51-5)10-6-8-28(2)30(4)54(50,44-41(48)32-13-16-40(53-26-43)38(47)20-32)45-42(49)34-19-35-24-52-29(3)21-46(35)23-34/h6,10-11,13,15-16,18-20,23,28-30,33,36,39H,7-9,12,14,17,21-22,24-26H2,1-5H3,(H,44,45,48,49,50)/b10-6+/t28-,29-,30+,33-,36+,39-,43-,54?/m0/s1. The van der Waals surface area contributed by atoms with E-state index in [1.807, 2.05) is 37.5 Å². The van der Waals surface area contributed by atoms with Gasteiger partial charge in [-0.3, -0.25) is 14.3 Å². The van der Waals surface area contributed by atoms with Crippen molar-refractivity contribution < 1.29 is 28.0 Å². The van der Waals surface area contributed by atoms with E-state index in [-0.39, 0.29) is 23.5 Å². The van der Waals surface area contributed by atoms with Gasteiger partial charge in [0, 0.05) is 49.6 Å². The predicted molar refractivity (Wildman–Crippen MR) is 210 cm³/mol. The fourth-order valence-corrected chi connectivity index (χ4v) is 11.2. The van der Waals surface area contributed by atoms with Gasteiger partial charge in [-0.25, -0.2) is 4.21 Å². The molecule has 1 N–H and O–H groups in total. The van der Waals surface area contributed by atoms with Gasteiger partial charge in [0.25, 0.3) is 11.8 Å². The Morgan fingerprint density at radius 3 is 2.74 bits per heavy atom. The molecule has 10 nitrogen and oxygen atoms in total. The molecule has 2 bridgehead atoms. The van der Waals surface area contributed by atoms with Crippen LogP contribution in [0.1, 0.15) is 96.0 Å². The van der Waals surface area contributed by atoms with Crippen LogP contribution in [0.15, 0.2) is 65.2 Å². The highest BCUT2D eigenvalue weighted by Gasteiger charge is 2.44. The van der Waals surface area contributed by atoms with E-state index in [0.29, 0.717) is 49.1 Å². The summed E-state index contributed by atoms with van der Waals surface area (Å²) < 4.78 is 42.8. The highest BCUT2D eigenvalue weighted by molar-refractivity contribution is 7.93. The number of hydrogen-bond donors (Lipinski definition) is 1. The van der Waals surface area contributed by atoms with Gasteiger partial charge in [0.05, 0.1) is 41.9 Å². The number of carbonyl (C=O) groups is 2. The SMILES string of the molecule is CO[C@H]1/C=C/C[C@H](C)[C@@H](C)S(=O)(NC(=O)c2cc3n(c2)C[C@H](C)OC3)=NC(=O)c2ccc3c(c2)N(C[C@@H]2CC[C@H]21)C[C@@]1(CCCc2cc(C)ccc21)CO3. The van der Waals surface area contributed by atoms with Crippen molar-refractivity contribution in [2.45, 2.75) is 102 Å². The van der Waals surface area contributed by atoms with E-state index in [4.69, 9.17) is 14.2 Å². The molecule has 5 aliphatic rings. The van der Waals surface area contributed by atoms with E-state index < -0.39 is 27.0 Å². The number of hydrogen-bond acceptors (Lipinski definition) is 7. The molecule has 0 saturated heterocycles. The molecule has 2 aliphatic carbocycles. The van der Waals surface area contributed by atoms with Crippen molar-refractivity contribution in [2.75, 3.05) is 31.7 Å². The number of nitrogens with one attached hydrogen (secondary N) is 1. The first-order valence-corrected chi connectivity index (χ1v) is 21.3. The summed E-state index contributed by atoms with van der Waals surface area (Å²) in [5.74, 6) is 0.165. The third kappa shape index (κ3) is 6.92. The molecular weight excluding hydrogens is 701 g/mol. The lowest BCUT2D eigenvalue weighted by Gasteiger charge is -2.46. The molecule has 1 aromatic heterocycles. The van der Waals surface area contributed by atoms with Crippen LogP contribution in [0, 0.1) is 24.7 Å². The van der Waals surface area contributed by atoms with Crippen LogP contribution in [0.25, 0.3) is 0 Å². The van der Waals surface area contributed by atoms with Crippen LogP contribution in [0.5, 0.6) is 5.75 Å². The van der Waals surface area contributed by atoms with E-state index >= 15 is 4.21 Å². The van der Waals surface area contributed by atoms with Gasteiger partial charge in [0.1, 0.15) is 15.7 Å². The maximum Gasteiger partial charge on any atom is 0.286 e. The van der Waals surface area contributed by atoms with Gasteiger partial charge < -0.3 is 23.7 Å². The number of aryl methyl sites for hydroxylation is 2. The van der Waals surface area contributed by atoms with Crippen molar-refractivity contribution in [1.29, 1.82) is 0 Å². The minimum atomic E-state index is -3.61. The zero-order valence-electron chi connectivity index (χ0n) is 32.2. The molecule has 8 rings (SSSR count). The lowest BCUT2D eigenvalue weighted by Crippen LogP contribution is -2.49. The second-order valence-electron chi connectivity index (χ2n) is 16.6. The summed E-state index contributed by atoms with van der Waals surface area (Å²) in [6, 6.07) is 14.1. The number of allylic oxidation sites excluding steroid dienone is 1. The number of ether oxygens (including phenoxy) is 3. The maximum absolute atomic E-state index is 15.0. The number of aromatic nitrogens is 1. The largest absolute Gasteiger partial charge is 0.490 e. The zero-order chi connectivity index (χ0) is 37.8. The van der Waals surface area contributed by atoms with Gasteiger partial charge in [-0.1, -0.05) is 42.8 Å². The zero-order valence-corrected chi connectivity index (χ0v) is 33.0. The Balaban J connectivity index is 1.20.